The Balaban J connectivity index is 1.30. The largest absolute Gasteiger partial charge is 0.481 e. The molecule has 0 spiro atoms. The van der Waals surface area contributed by atoms with Crippen molar-refractivity contribution in [2.24, 2.45) is 50.2 Å². The maximum atomic E-state index is 13.5. The van der Waals surface area contributed by atoms with Crippen LogP contribution in [-0.2, 0) is 23.7 Å². The zero-order valence-electron chi connectivity index (χ0n) is 33.1. The predicted octanol–water partition coefficient (Wildman–Crippen LogP) is 2.84. The number of ether oxygens (including phenoxy) is 4. The smallest absolute Gasteiger partial charge is 0.310 e. The number of carbonyl (C=O) groups is 1. The summed E-state index contributed by atoms with van der Waals surface area (Å²) in [5.41, 5.74) is -1.18. The minimum Gasteiger partial charge on any atom is -0.481 e. The van der Waals surface area contributed by atoms with Gasteiger partial charge >= 0.3 is 5.97 Å². The number of allylic oxidation sites excluding steroid dienone is 2. The fourth-order valence-corrected chi connectivity index (χ4v) is 13.3. The van der Waals surface area contributed by atoms with Gasteiger partial charge in [-0.1, -0.05) is 48.5 Å². The predicted molar refractivity (Wildman–Crippen MR) is 193 cm³/mol. The quantitative estimate of drug-likeness (QED) is 0.196. The molecule has 6 fully saturated rings. The standard InChI is InChI=1S/C41H66O13/c1-36(2)12-14-41(35(49)50)15-13-40(7)27(20(41)17-36)22(16-25-38(5)10-9-26(44)37(3,4)24(38)8-11-39(25,40)6)52-33-31(48)32(21(43)19-51-33)54-34-30(47)29(46)28(45)23(18-42)53-34/h20-21,23-26,28-34,42-48H,8-19H2,1-7H3,(H,49,50)/t20-,21-,23+,24-,25+,26-,28+,29-,30+,31+,32-,33-,34-,38-,39+,40+,41-/m0/s1. The van der Waals surface area contributed by atoms with E-state index in [0.717, 1.165) is 31.3 Å². The van der Waals surface area contributed by atoms with Crippen molar-refractivity contribution in [3.63, 3.8) is 0 Å². The lowest BCUT2D eigenvalue weighted by Gasteiger charge is -2.71. The molecule has 0 radical (unpaired) electrons. The van der Waals surface area contributed by atoms with Crippen LogP contribution in [0.2, 0.25) is 0 Å². The number of carboxylic acids is 1. The Morgan fingerprint density at radius 1 is 0.796 bits per heavy atom. The van der Waals surface area contributed by atoms with E-state index in [1.807, 2.05) is 0 Å². The summed E-state index contributed by atoms with van der Waals surface area (Å²) in [7, 11) is 0. The van der Waals surface area contributed by atoms with Gasteiger partial charge in [0, 0.05) is 12.3 Å². The molecule has 4 saturated carbocycles. The van der Waals surface area contributed by atoms with Gasteiger partial charge in [0.05, 0.1) is 24.7 Å². The second kappa shape index (κ2) is 13.6. The van der Waals surface area contributed by atoms with Crippen molar-refractivity contribution in [1.29, 1.82) is 0 Å². The number of aliphatic carboxylic acids is 1. The summed E-state index contributed by atoms with van der Waals surface area (Å²) in [5, 5.41) is 86.2. The van der Waals surface area contributed by atoms with Crippen LogP contribution in [0.3, 0.4) is 0 Å². The molecule has 13 heteroatoms. The van der Waals surface area contributed by atoms with Gasteiger partial charge in [-0.15, -0.1) is 0 Å². The molecule has 5 aliphatic carbocycles. The van der Waals surface area contributed by atoms with Crippen molar-refractivity contribution < 1.29 is 64.6 Å². The van der Waals surface area contributed by atoms with Crippen molar-refractivity contribution in [3.8, 4) is 0 Å². The first-order valence-corrected chi connectivity index (χ1v) is 20.3. The first kappa shape index (κ1) is 40.8. The van der Waals surface area contributed by atoms with E-state index < -0.39 is 84.8 Å². The number of hydrogen-bond acceptors (Lipinski definition) is 12. The molecule has 308 valence electrons. The first-order chi connectivity index (χ1) is 25.1. The highest BCUT2D eigenvalue weighted by atomic mass is 16.7. The second-order valence-corrected chi connectivity index (χ2v) is 20.4. The lowest BCUT2D eigenvalue weighted by atomic mass is 9.33. The molecule has 13 nitrogen and oxygen atoms in total. The number of carboxylic acid groups (broad SMARTS) is 1. The van der Waals surface area contributed by atoms with Crippen molar-refractivity contribution in [3.05, 3.63) is 11.3 Å². The van der Waals surface area contributed by atoms with Crippen molar-refractivity contribution in [2.75, 3.05) is 13.2 Å². The van der Waals surface area contributed by atoms with E-state index in [4.69, 9.17) is 18.9 Å². The average Bonchev–Trinajstić information content (AvgIpc) is 3.10. The lowest BCUT2D eigenvalue weighted by Crippen LogP contribution is -2.66. The van der Waals surface area contributed by atoms with Crippen LogP contribution < -0.4 is 0 Å². The minimum atomic E-state index is -1.75. The molecule has 0 unspecified atom stereocenters. The van der Waals surface area contributed by atoms with E-state index in [1.54, 1.807) is 0 Å². The third-order valence-electron chi connectivity index (χ3n) is 16.9. The Morgan fingerprint density at radius 2 is 1.48 bits per heavy atom. The zero-order chi connectivity index (χ0) is 39.6. The summed E-state index contributed by atoms with van der Waals surface area (Å²) >= 11 is 0. The van der Waals surface area contributed by atoms with Gasteiger partial charge in [0.1, 0.15) is 48.5 Å². The number of hydrogen-bond donors (Lipinski definition) is 8. The molecule has 0 aromatic carbocycles. The third-order valence-corrected chi connectivity index (χ3v) is 16.9. The van der Waals surface area contributed by atoms with Crippen LogP contribution in [-0.4, -0.2) is 121 Å². The topological polar surface area (TPSA) is 216 Å². The lowest BCUT2D eigenvalue weighted by molar-refractivity contribution is -0.347. The van der Waals surface area contributed by atoms with E-state index in [0.29, 0.717) is 44.3 Å². The second-order valence-electron chi connectivity index (χ2n) is 20.4. The molecule has 8 N–H and O–H groups in total. The van der Waals surface area contributed by atoms with Crippen LogP contribution >= 0.6 is 0 Å². The van der Waals surface area contributed by atoms with Gasteiger partial charge < -0.3 is 59.8 Å². The summed E-state index contributed by atoms with van der Waals surface area (Å²) in [6, 6.07) is 0. The van der Waals surface area contributed by atoms with Crippen LogP contribution in [0.25, 0.3) is 0 Å². The molecule has 2 heterocycles. The molecule has 0 bridgehead atoms. The summed E-state index contributed by atoms with van der Waals surface area (Å²) < 4.78 is 24.4. The minimum absolute atomic E-state index is 0.111. The molecular formula is C41H66O13. The van der Waals surface area contributed by atoms with Crippen molar-refractivity contribution in [1.82, 2.24) is 0 Å². The fourth-order valence-electron chi connectivity index (χ4n) is 13.3. The van der Waals surface area contributed by atoms with Gasteiger partial charge in [-0.05, 0) is 102 Å². The van der Waals surface area contributed by atoms with Gasteiger partial charge in [0.15, 0.2) is 6.29 Å². The van der Waals surface area contributed by atoms with E-state index in [1.165, 1.54) is 0 Å². The van der Waals surface area contributed by atoms with Gasteiger partial charge in [0.2, 0.25) is 6.29 Å². The highest BCUT2D eigenvalue weighted by Crippen LogP contribution is 2.77. The van der Waals surface area contributed by atoms with Crippen molar-refractivity contribution in [2.45, 2.75) is 174 Å². The van der Waals surface area contributed by atoms with E-state index in [-0.39, 0.29) is 46.0 Å². The van der Waals surface area contributed by atoms with Gasteiger partial charge in [-0.2, -0.15) is 0 Å². The maximum Gasteiger partial charge on any atom is 0.310 e. The van der Waals surface area contributed by atoms with Crippen LogP contribution in [0.1, 0.15) is 113 Å². The molecule has 2 aliphatic heterocycles. The maximum absolute atomic E-state index is 13.5. The molecule has 54 heavy (non-hydrogen) atoms. The summed E-state index contributed by atoms with van der Waals surface area (Å²) in [6.45, 7) is 14.9. The normalized spacial score (nSPS) is 52.7. The van der Waals surface area contributed by atoms with E-state index in [9.17, 15) is 45.6 Å². The molecule has 7 aliphatic rings. The Labute approximate surface area is 319 Å². The van der Waals surface area contributed by atoms with E-state index >= 15 is 0 Å². The Bertz CT molecular complexity index is 1480. The van der Waals surface area contributed by atoms with Crippen LogP contribution in [0.4, 0.5) is 0 Å². The van der Waals surface area contributed by atoms with Gasteiger partial charge in [-0.3, -0.25) is 4.79 Å². The average molecular weight is 767 g/mol. The van der Waals surface area contributed by atoms with Crippen LogP contribution in [0.5, 0.6) is 0 Å². The van der Waals surface area contributed by atoms with Gasteiger partial charge in [-0.25, -0.2) is 0 Å². The fraction of sp³-hybridized carbons (Fsp3) is 0.927. The molecule has 2 saturated heterocycles. The monoisotopic (exact) mass is 766 g/mol. The molecule has 7 rings (SSSR count). The summed E-state index contributed by atoms with van der Waals surface area (Å²) in [4.78, 5) is 13.5. The van der Waals surface area contributed by atoms with E-state index in [2.05, 4.69) is 48.5 Å². The summed E-state index contributed by atoms with van der Waals surface area (Å²) in [5.74, 6) is -0.108. The molecule has 0 aromatic rings. The molecule has 0 aromatic heterocycles. The molecular weight excluding hydrogens is 700 g/mol. The molecule has 17 atom stereocenters. The highest BCUT2D eigenvalue weighted by Gasteiger charge is 2.71. The number of aliphatic hydroxyl groups is 7. The number of aliphatic hydroxyl groups excluding tert-OH is 7. The van der Waals surface area contributed by atoms with Gasteiger partial charge in [0.25, 0.3) is 0 Å². The Hall–Kier alpha value is -1.39. The Morgan fingerprint density at radius 3 is 2.15 bits per heavy atom. The SMILES string of the molecule is CC1(C)CC[C@]2(C(=O)O)CC[C@]3(C)C(=C(O[C@@H]4OC[C@H](O)[C@H](O[C@@H]5O[C@H](CO)[C@@H](O)[C@H](O)[C@H]5O)[C@H]4O)C[C@@H]4[C@@]5(C)CC[C@H](O)C(C)(C)[C@@H]5CC[C@]43C)[C@@H]2C1. The molecule has 0 amide bonds. The van der Waals surface area contributed by atoms with Crippen molar-refractivity contribution >= 4 is 5.97 Å². The zero-order valence-corrected chi connectivity index (χ0v) is 33.1. The summed E-state index contributed by atoms with van der Waals surface area (Å²) in [6.07, 6.45) is -6.86. The van der Waals surface area contributed by atoms with Crippen LogP contribution in [0.15, 0.2) is 11.3 Å². The first-order valence-electron chi connectivity index (χ1n) is 20.3. The Kier molecular flexibility index (Phi) is 10.3. The highest BCUT2D eigenvalue weighted by molar-refractivity contribution is 5.76. The number of fused-ring (bicyclic) bond motifs is 7. The number of rotatable bonds is 6. The van der Waals surface area contributed by atoms with Crippen LogP contribution in [0, 0.1) is 50.2 Å². The third kappa shape index (κ3) is 5.87.